The lowest BCUT2D eigenvalue weighted by Gasteiger charge is -2.23. The number of likely N-dealkylation sites (N-methyl/N-ethyl adjacent to an activating group) is 1. The van der Waals surface area contributed by atoms with Crippen molar-refractivity contribution in [3.8, 4) is 11.3 Å². The maximum Gasteiger partial charge on any atom is 0.252 e. The van der Waals surface area contributed by atoms with Gasteiger partial charge in [0.1, 0.15) is 11.6 Å². The molecule has 4 N–H and O–H groups in total. The van der Waals surface area contributed by atoms with Crippen molar-refractivity contribution in [3.63, 3.8) is 0 Å². The fraction of sp³-hybridized carbons (Fsp3) is 0.333. The molecule has 0 bridgehead atoms. The Bertz CT molecular complexity index is 1180. The molecule has 0 saturated carbocycles. The van der Waals surface area contributed by atoms with Crippen LogP contribution >= 0.6 is 0 Å². The number of carbonyl (C=O) groups excluding carboxylic acids is 1. The molecule has 1 aliphatic heterocycles. The summed E-state index contributed by atoms with van der Waals surface area (Å²) in [7, 11) is 2.04. The van der Waals surface area contributed by atoms with Crippen molar-refractivity contribution in [2.45, 2.75) is 39.5 Å². The molecular formula is C27H33FN6O. The van der Waals surface area contributed by atoms with Crippen molar-refractivity contribution >= 4 is 11.7 Å². The minimum absolute atomic E-state index is 0.172. The van der Waals surface area contributed by atoms with Crippen LogP contribution in [0.3, 0.4) is 0 Å². The molecule has 2 aromatic carbocycles. The molecule has 2 heterocycles. The lowest BCUT2D eigenvalue weighted by molar-refractivity contribution is 0.0950. The van der Waals surface area contributed by atoms with Crippen molar-refractivity contribution in [3.05, 3.63) is 82.7 Å². The van der Waals surface area contributed by atoms with E-state index in [-0.39, 0.29) is 17.8 Å². The number of nitrogens with zero attached hydrogens (tertiary/aromatic N) is 3. The smallest absolute Gasteiger partial charge is 0.252 e. The van der Waals surface area contributed by atoms with Crippen LogP contribution in [0.2, 0.25) is 0 Å². The molecular weight excluding hydrogens is 443 g/mol. The van der Waals surface area contributed by atoms with Crippen LogP contribution in [0.4, 0.5) is 10.2 Å². The first kappa shape index (κ1) is 24.8. The van der Waals surface area contributed by atoms with Gasteiger partial charge in [0.05, 0.1) is 5.69 Å². The van der Waals surface area contributed by atoms with E-state index in [1.165, 1.54) is 12.1 Å². The van der Waals surface area contributed by atoms with Gasteiger partial charge in [-0.1, -0.05) is 30.3 Å². The fourth-order valence-corrected chi connectivity index (χ4v) is 4.27. The summed E-state index contributed by atoms with van der Waals surface area (Å²) in [5, 5.41) is 4.99. The zero-order chi connectivity index (χ0) is 24.9. The molecule has 0 saturated heterocycles. The highest BCUT2D eigenvalue weighted by molar-refractivity contribution is 5.98. The van der Waals surface area contributed by atoms with Gasteiger partial charge in [-0.15, -0.1) is 0 Å². The highest BCUT2D eigenvalue weighted by Gasteiger charge is 2.28. The molecule has 3 aromatic rings. The van der Waals surface area contributed by atoms with Crippen molar-refractivity contribution in [1.82, 2.24) is 20.6 Å². The number of amides is 1. The number of pyridine rings is 1. The first-order chi connectivity index (χ1) is 16.9. The van der Waals surface area contributed by atoms with E-state index < -0.39 is 0 Å². The van der Waals surface area contributed by atoms with Gasteiger partial charge in [0.2, 0.25) is 0 Å². The number of nitrogens with one attached hydrogen (secondary N) is 2. The van der Waals surface area contributed by atoms with Gasteiger partial charge in [0.25, 0.3) is 5.91 Å². The lowest BCUT2D eigenvalue weighted by atomic mass is 10.0. The Morgan fingerprint density at radius 3 is 2.69 bits per heavy atom. The highest BCUT2D eigenvalue weighted by atomic mass is 19.1. The first-order valence-electron chi connectivity index (χ1n) is 11.9. The van der Waals surface area contributed by atoms with Crippen LogP contribution in [0.25, 0.3) is 11.3 Å². The molecule has 1 aliphatic rings. The third kappa shape index (κ3) is 5.85. The van der Waals surface area contributed by atoms with Crippen LogP contribution in [-0.4, -0.2) is 42.0 Å². The highest BCUT2D eigenvalue weighted by Crippen LogP contribution is 2.32. The van der Waals surface area contributed by atoms with E-state index in [9.17, 15) is 9.18 Å². The zero-order valence-electron chi connectivity index (χ0n) is 20.5. The number of hydrazine groups is 1. The standard InChI is InChI=1S/C27H33FN6O/c1-18(2)34-26-24(16-31-34)23(27(35)30-15-19-7-9-22(28)10-8-19)14-25(32-26)21-6-4-5-20(13-21)17-33(3)12-11-29/h4-10,13-14,18,31H,11-12,15-17,29H2,1-3H3,(H,30,35). The summed E-state index contributed by atoms with van der Waals surface area (Å²) in [5.41, 5.74) is 14.2. The van der Waals surface area contributed by atoms with Gasteiger partial charge in [0.15, 0.2) is 0 Å². The molecule has 0 fully saturated rings. The second-order valence-corrected chi connectivity index (χ2v) is 9.19. The van der Waals surface area contributed by atoms with E-state index in [0.717, 1.165) is 46.9 Å². The van der Waals surface area contributed by atoms with Crippen molar-refractivity contribution in [1.29, 1.82) is 0 Å². The number of anilines is 1. The van der Waals surface area contributed by atoms with Gasteiger partial charge in [-0.2, -0.15) is 0 Å². The Hall–Kier alpha value is -3.33. The van der Waals surface area contributed by atoms with Gasteiger partial charge < -0.3 is 16.0 Å². The molecule has 0 radical (unpaired) electrons. The van der Waals surface area contributed by atoms with Crippen molar-refractivity contribution < 1.29 is 9.18 Å². The lowest BCUT2D eigenvalue weighted by Crippen LogP contribution is -2.38. The number of nitrogens with two attached hydrogens (primary N) is 1. The normalized spacial score (nSPS) is 12.9. The second-order valence-electron chi connectivity index (χ2n) is 9.19. The van der Waals surface area contributed by atoms with Crippen LogP contribution in [0, 0.1) is 5.82 Å². The van der Waals surface area contributed by atoms with Crippen LogP contribution in [0.15, 0.2) is 54.6 Å². The summed E-state index contributed by atoms with van der Waals surface area (Å²) >= 11 is 0. The molecule has 0 spiro atoms. The van der Waals surface area contributed by atoms with E-state index in [1.54, 1.807) is 12.1 Å². The Morgan fingerprint density at radius 2 is 1.97 bits per heavy atom. The van der Waals surface area contributed by atoms with Gasteiger partial charge in [0, 0.05) is 55.5 Å². The number of halogens is 1. The summed E-state index contributed by atoms with van der Waals surface area (Å²) in [5.74, 6) is 0.295. The molecule has 7 nitrogen and oxygen atoms in total. The number of rotatable bonds is 9. The van der Waals surface area contributed by atoms with Crippen LogP contribution in [-0.2, 0) is 19.6 Å². The number of benzene rings is 2. The molecule has 35 heavy (non-hydrogen) atoms. The number of hydrogen-bond acceptors (Lipinski definition) is 6. The Labute approximate surface area is 206 Å². The molecule has 4 rings (SSSR count). The molecule has 0 atom stereocenters. The SMILES string of the molecule is CC(C)N1NCc2c(C(=O)NCc3ccc(F)cc3)cc(-c3cccc(CN(C)CCN)c3)nc21. The molecule has 184 valence electrons. The summed E-state index contributed by atoms with van der Waals surface area (Å²) in [4.78, 5) is 20.4. The monoisotopic (exact) mass is 476 g/mol. The van der Waals surface area contributed by atoms with Crippen LogP contribution in [0.5, 0.6) is 0 Å². The Kier molecular flexibility index (Phi) is 7.75. The van der Waals surface area contributed by atoms with Crippen LogP contribution in [0.1, 0.15) is 40.9 Å². The van der Waals surface area contributed by atoms with Crippen molar-refractivity contribution in [2.24, 2.45) is 5.73 Å². The molecule has 1 aromatic heterocycles. The van der Waals surface area contributed by atoms with Gasteiger partial charge >= 0.3 is 0 Å². The van der Waals surface area contributed by atoms with Crippen LogP contribution < -0.4 is 21.5 Å². The maximum absolute atomic E-state index is 13.3. The van der Waals surface area contributed by atoms with E-state index in [1.807, 2.05) is 30.3 Å². The third-order valence-electron chi connectivity index (χ3n) is 6.07. The topological polar surface area (TPSA) is 86.5 Å². The number of hydrogen-bond donors (Lipinski definition) is 3. The van der Waals surface area contributed by atoms with E-state index in [0.29, 0.717) is 25.2 Å². The van der Waals surface area contributed by atoms with Crippen molar-refractivity contribution in [2.75, 3.05) is 25.1 Å². The number of fused-ring (bicyclic) bond motifs is 1. The molecule has 0 aliphatic carbocycles. The molecule has 0 unspecified atom stereocenters. The molecule has 1 amide bonds. The predicted molar refractivity (Wildman–Crippen MR) is 137 cm³/mol. The first-order valence-corrected chi connectivity index (χ1v) is 11.9. The van der Waals surface area contributed by atoms with Gasteiger partial charge in [-0.3, -0.25) is 9.80 Å². The minimum atomic E-state index is -0.298. The second kappa shape index (κ2) is 10.9. The zero-order valence-corrected chi connectivity index (χ0v) is 20.5. The van der Waals surface area contributed by atoms with E-state index in [4.69, 9.17) is 10.7 Å². The Morgan fingerprint density at radius 1 is 1.20 bits per heavy atom. The van der Waals surface area contributed by atoms with E-state index in [2.05, 4.69) is 41.6 Å². The van der Waals surface area contributed by atoms with Gasteiger partial charge in [-0.05, 0) is 56.3 Å². The predicted octanol–water partition coefficient (Wildman–Crippen LogP) is 3.44. The third-order valence-corrected chi connectivity index (χ3v) is 6.07. The average Bonchev–Trinajstić information content (AvgIpc) is 3.27. The summed E-state index contributed by atoms with van der Waals surface area (Å²) < 4.78 is 13.2. The van der Waals surface area contributed by atoms with E-state index >= 15 is 0 Å². The average molecular weight is 477 g/mol. The quantitative estimate of drug-likeness (QED) is 0.439. The number of carbonyl (C=O) groups is 1. The molecule has 8 heteroatoms. The van der Waals surface area contributed by atoms with Gasteiger partial charge in [-0.25, -0.2) is 14.8 Å². The Balaban J connectivity index is 1.66. The minimum Gasteiger partial charge on any atom is -0.348 e. The summed E-state index contributed by atoms with van der Waals surface area (Å²) in [6.07, 6.45) is 0. The fourth-order valence-electron chi connectivity index (χ4n) is 4.27. The summed E-state index contributed by atoms with van der Waals surface area (Å²) in [6.45, 7) is 7.21. The number of aromatic nitrogens is 1. The largest absolute Gasteiger partial charge is 0.348 e. The summed E-state index contributed by atoms with van der Waals surface area (Å²) in [6, 6.07) is 16.4. The maximum atomic E-state index is 13.3.